The van der Waals surface area contributed by atoms with Crippen molar-refractivity contribution in [2.24, 2.45) is 0 Å². The fourth-order valence-corrected chi connectivity index (χ4v) is 2.54. The molecule has 0 bridgehead atoms. The molecule has 0 radical (unpaired) electrons. The lowest BCUT2D eigenvalue weighted by Crippen LogP contribution is -2.04. The van der Waals surface area contributed by atoms with E-state index in [0.29, 0.717) is 17.0 Å². The van der Waals surface area contributed by atoms with Crippen LogP contribution in [0.1, 0.15) is 11.4 Å². The molecule has 0 N–H and O–H groups in total. The van der Waals surface area contributed by atoms with Gasteiger partial charge in [0.05, 0.1) is 17.1 Å². The molecule has 0 aliphatic rings. The quantitative estimate of drug-likeness (QED) is 0.642. The van der Waals surface area contributed by atoms with Crippen LogP contribution in [-0.2, 0) is 5.88 Å². The lowest BCUT2D eigenvalue weighted by Gasteiger charge is -2.12. The number of aryl methyl sites for hydroxylation is 1. The van der Waals surface area contributed by atoms with Gasteiger partial charge in [0.25, 0.3) is 0 Å². The second kappa shape index (κ2) is 4.87. The maximum absolute atomic E-state index is 14.2. The Hall–Kier alpha value is -1.94. The largest absolute Gasteiger partial charge is 0.292 e. The third-order valence-electron chi connectivity index (χ3n) is 3.24. The van der Waals surface area contributed by atoms with E-state index in [4.69, 9.17) is 11.6 Å². The summed E-state index contributed by atoms with van der Waals surface area (Å²) < 4.78 is 29.6. The first-order valence-corrected chi connectivity index (χ1v) is 6.64. The Kier molecular flexibility index (Phi) is 3.18. The average molecular weight is 293 g/mol. The molecule has 0 fully saturated rings. The SMILES string of the molecule is Cc1cccc(F)c1-n1c(CCl)nc2c(F)cccc21. The molecule has 0 saturated heterocycles. The lowest BCUT2D eigenvalue weighted by atomic mass is 10.2. The second-order valence-electron chi connectivity index (χ2n) is 4.51. The minimum absolute atomic E-state index is 0.0713. The van der Waals surface area contributed by atoms with Crippen LogP contribution in [0, 0.1) is 18.6 Å². The first-order valence-electron chi connectivity index (χ1n) is 6.10. The summed E-state index contributed by atoms with van der Waals surface area (Å²) in [6, 6.07) is 9.39. The van der Waals surface area contributed by atoms with Crippen LogP contribution in [0.4, 0.5) is 8.78 Å². The lowest BCUT2D eigenvalue weighted by molar-refractivity contribution is 0.616. The van der Waals surface area contributed by atoms with Crippen molar-refractivity contribution < 1.29 is 8.78 Å². The minimum Gasteiger partial charge on any atom is -0.292 e. The molecule has 1 heterocycles. The van der Waals surface area contributed by atoms with E-state index in [1.54, 1.807) is 35.8 Å². The second-order valence-corrected chi connectivity index (χ2v) is 4.78. The van der Waals surface area contributed by atoms with Crippen LogP contribution in [0.5, 0.6) is 0 Å². The first kappa shape index (κ1) is 13.1. The predicted molar refractivity (Wildman–Crippen MR) is 75.3 cm³/mol. The Balaban J connectivity index is 2.44. The van der Waals surface area contributed by atoms with E-state index < -0.39 is 5.82 Å². The van der Waals surface area contributed by atoms with Gasteiger partial charge in [-0.15, -0.1) is 11.6 Å². The van der Waals surface area contributed by atoms with Crippen LogP contribution in [0.15, 0.2) is 36.4 Å². The third-order valence-corrected chi connectivity index (χ3v) is 3.48. The molecule has 0 atom stereocenters. The van der Waals surface area contributed by atoms with Crippen molar-refractivity contribution in [3.05, 3.63) is 59.4 Å². The van der Waals surface area contributed by atoms with E-state index in [0.717, 1.165) is 5.56 Å². The molecule has 0 aliphatic heterocycles. The summed E-state index contributed by atoms with van der Waals surface area (Å²) in [6.07, 6.45) is 0. The van der Waals surface area contributed by atoms with Crippen LogP contribution < -0.4 is 0 Å². The van der Waals surface area contributed by atoms with Crippen molar-refractivity contribution in [1.29, 1.82) is 0 Å². The Morgan fingerprint density at radius 3 is 2.50 bits per heavy atom. The predicted octanol–water partition coefficient (Wildman–Crippen LogP) is 4.35. The number of halogens is 3. The molecule has 5 heteroatoms. The smallest absolute Gasteiger partial charge is 0.151 e. The number of aromatic nitrogens is 2. The normalized spacial score (nSPS) is 11.2. The molecule has 3 rings (SSSR count). The van der Waals surface area contributed by atoms with Gasteiger partial charge in [0.2, 0.25) is 0 Å². The number of hydrogen-bond donors (Lipinski definition) is 0. The molecule has 0 aliphatic carbocycles. The third kappa shape index (κ3) is 1.88. The maximum atomic E-state index is 14.2. The van der Waals surface area contributed by atoms with Gasteiger partial charge in [0.15, 0.2) is 5.82 Å². The van der Waals surface area contributed by atoms with E-state index in [1.165, 1.54) is 12.1 Å². The van der Waals surface area contributed by atoms with Crippen molar-refractivity contribution in [1.82, 2.24) is 9.55 Å². The summed E-state index contributed by atoms with van der Waals surface area (Å²) in [4.78, 5) is 4.18. The van der Waals surface area contributed by atoms with E-state index in [-0.39, 0.29) is 17.2 Å². The van der Waals surface area contributed by atoms with Crippen LogP contribution in [0.25, 0.3) is 16.7 Å². The van der Waals surface area contributed by atoms with Gasteiger partial charge in [-0.1, -0.05) is 18.2 Å². The highest BCUT2D eigenvalue weighted by Gasteiger charge is 2.18. The molecule has 0 amide bonds. The fraction of sp³-hybridized carbons (Fsp3) is 0.133. The molecule has 1 aromatic heterocycles. The van der Waals surface area contributed by atoms with E-state index in [1.807, 2.05) is 0 Å². The highest BCUT2D eigenvalue weighted by molar-refractivity contribution is 6.17. The topological polar surface area (TPSA) is 17.8 Å². The summed E-state index contributed by atoms with van der Waals surface area (Å²) in [5.41, 5.74) is 1.80. The average Bonchev–Trinajstić information content (AvgIpc) is 2.79. The molecule has 3 aromatic rings. The number of benzene rings is 2. The number of rotatable bonds is 2. The molecule has 20 heavy (non-hydrogen) atoms. The van der Waals surface area contributed by atoms with Gasteiger partial charge in [0, 0.05) is 0 Å². The zero-order valence-electron chi connectivity index (χ0n) is 10.7. The molecular formula is C15H11ClF2N2. The maximum Gasteiger partial charge on any atom is 0.151 e. The molecule has 102 valence electrons. The number of fused-ring (bicyclic) bond motifs is 1. The Labute approximate surface area is 119 Å². The number of nitrogens with zero attached hydrogens (tertiary/aromatic N) is 2. The summed E-state index contributed by atoms with van der Waals surface area (Å²) in [6.45, 7) is 1.79. The van der Waals surface area contributed by atoms with E-state index in [2.05, 4.69) is 4.98 Å². The standard InChI is InChI=1S/C15H11ClF2N2/c1-9-4-2-6-11(18)15(9)20-12-7-3-5-10(17)14(12)19-13(20)8-16/h2-7H,8H2,1H3. The monoisotopic (exact) mass is 292 g/mol. The van der Waals surface area contributed by atoms with Crippen molar-refractivity contribution in [2.75, 3.05) is 0 Å². The number of para-hydroxylation sites is 2. The van der Waals surface area contributed by atoms with Crippen LogP contribution >= 0.6 is 11.6 Å². The van der Waals surface area contributed by atoms with Crippen LogP contribution in [-0.4, -0.2) is 9.55 Å². The van der Waals surface area contributed by atoms with E-state index >= 15 is 0 Å². The summed E-state index contributed by atoms with van der Waals surface area (Å²) in [5, 5.41) is 0. The number of imidazole rings is 1. The van der Waals surface area contributed by atoms with Gasteiger partial charge >= 0.3 is 0 Å². The molecule has 0 spiro atoms. The number of hydrogen-bond acceptors (Lipinski definition) is 1. The molecule has 2 nitrogen and oxygen atoms in total. The highest BCUT2D eigenvalue weighted by atomic mass is 35.5. The summed E-state index contributed by atoms with van der Waals surface area (Å²) in [7, 11) is 0. The highest BCUT2D eigenvalue weighted by Crippen LogP contribution is 2.27. The van der Waals surface area contributed by atoms with Gasteiger partial charge in [0.1, 0.15) is 17.2 Å². The fourth-order valence-electron chi connectivity index (χ4n) is 2.36. The van der Waals surface area contributed by atoms with Crippen molar-refractivity contribution in [3.8, 4) is 5.69 Å². The Morgan fingerprint density at radius 2 is 1.80 bits per heavy atom. The van der Waals surface area contributed by atoms with Gasteiger partial charge in [-0.25, -0.2) is 13.8 Å². The molecule has 0 unspecified atom stereocenters. The Bertz CT molecular complexity index is 776. The minimum atomic E-state index is -0.443. The molecule has 0 saturated carbocycles. The molecule has 2 aromatic carbocycles. The zero-order valence-corrected chi connectivity index (χ0v) is 11.5. The van der Waals surface area contributed by atoms with Crippen molar-refractivity contribution >= 4 is 22.6 Å². The van der Waals surface area contributed by atoms with Crippen LogP contribution in [0.2, 0.25) is 0 Å². The Morgan fingerprint density at radius 1 is 1.10 bits per heavy atom. The van der Waals surface area contributed by atoms with Gasteiger partial charge in [-0.3, -0.25) is 4.57 Å². The first-order chi connectivity index (χ1) is 9.63. The van der Waals surface area contributed by atoms with Crippen molar-refractivity contribution in [3.63, 3.8) is 0 Å². The number of alkyl halides is 1. The van der Waals surface area contributed by atoms with Crippen LogP contribution in [0.3, 0.4) is 0 Å². The molecular weight excluding hydrogens is 282 g/mol. The van der Waals surface area contributed by atoms with E-state index in [9.17, 15) is 8.78 Å². The zero-order chi connectivity index (χ0) is 14.3. The van der Waals surface area contributed by atoms with Gasteiger partial charge in [-0.2, -0.15) is 0 Å². The summed E-state index contributed by atoms with van der Waals surface area (Å²) >= 11 is 5.88. The van der Waals surface area contributed by atoms with Crippen molar-refractivity contribution in [2.45, 2.75) is 12.8 Å². The summed E-state index contributed by atoms with van der Waals surface area (Å²) in [5.74, 6) is -0.344. The van der Waals surface area contributed by atoms with Gasteiger partial charge in [-0.05, 0) is 30.7 Å². The van der Waals surface area contributed by atoms with Gasteiger partial charge < -0.3 is 0 Å².